The van der Waals surface area contributed by atoms with E-state index in [1.54, 1.807) is 0 Å². The molecule has 0 bridgehead atoms. The maximum Gasteiger partial charge on any atom is 0.197 e. The maximum atomic E-state index is 10.7. The molecule has 0 heterocycles. The second kappa shape index (κ2) is 3.86. The van der Waals surface area contributed by atoms with Crippen LogP contribution >= 0.6 is 14.7 Å². The lowest BCUT2D eigenvalue weighted by molar-refractivity contribution is 0.478. The van der Waals surface area contributed by atoms with Crippen molar-refractivity contribution in [3.05, 3.63) is 0 Å². The Morgan fingerprint density at radius 1 is 1.00 bits per heavy atom. The Balaban J connectivity index is 3.61. The second-order valence-corrected chi connectivity index (χ2v) is 8.00. The van der Waals surface area contributed by atoms with Gasteiger partial charge in [-0.3, -0.25) is 9.13 Å². The monoisotopic (exact) mass is 200 g/mol. The zero-order valence-electron chi connectivity index (χ0n) is 6.73. The topological polar surface area (TPSA) is 74.6 Å². The van der Waals surface area contributed by atoms with Gasteiger partial charge in [0.1, 0.15) is 0 Å². The van der Waals surface area contributed by atoms with Crippen LogP contribution in [0.15, 0.2) is 0 Å². The Hall–Kier alpha value is 0.380. The average Bonchev–Trinajstić information content (AvgIpc) is 1.55. The molecule has 0 aromatic heterocycles. The Kier molecular flexibility index (Phi) is 3.99. The highest BCUT2D eigenvalue weighted by Crippen LogP contribution is 2.40. The van der Waals surface area contributed by atoms with E-state index in [0.717, 1.165) is 0 Å². The predicted octanol–water partition coefficient (Wildman–Crippen LogP) is 1.18. The van der Waals surface area contributed by atoms with Crippen molar-refractivity contribution >= 4 is 14.7 Å². The van der Waals surface area contributed by atoms with Crippen LogP contribution in [0.4, 0.5) is 0 Å². The van der Waals surface area contributed by atoms with Gasteiger partial charge >= 0.3 is 0 Å². The summed E-state index contributed by atoms with van der Waals surface area (Å²) in [7, 11) is -5.97. The van der Waals surface area contributed by atoms with Crippen molar-refractivity contribution in [2.75, 3.05) is 25.7 Å². The van der Waals surface area contributed by atoms with Crippen molar-refractivity contribution < 1.29 is 18.9 Å². The Morgan fingerprint density at radius 2 is 1.27 bits per heavy atom. The molecule has 2 N–H and O–H groups in total. The molecule has 0 radical (unpaired) electrons. The number of hydrogen-bond donors (Lipinski definition) is 2. The first-order valence-corrected chi connectivity index (χ1v) is 7.88. The molecule has 0 aliphatic carbocycles. The van der Waals surface area contributed by atoms with Gasteiger partial charge in [-0.1, -0.05) is 0 Å². The van der Waals surface area contributed by atoms with Crippen LogP contribution < -0.4 is 0 Å². The second-order valence-electron chi connectivity index (χ2n) is 2.90. The lowest BCUT2D eigenvalue weighted by Crippen LogP contribution is -1.92. The van der Waals surface area contributed by atoms with Crippen molar-refractivity contribution in [1.29, 1.82) is 0 Å². The van der Waals surface area contributed by atoms with Gasteiger partial charge in [0, 0.05) is 25.7 Å². The molecule has 0 rings (SSSR count). The quantitative estimate of drug-likeness (QED) is 0.668. The Morgan fingerprint density at radius 3 is 1.45 bits per heavy atom. The fourth-order valence-corrected chi connectivity index (χ4v) is 2.40. The third kappa shape index (κ3) is 10.4. The average molecular weight is 200 g/mol. The largest absolute Gasteiger partial charge is 0.344 e. The molecule has 4 nitrogen and oxygen atoms in total. The molecular formula is C5H14O4P2. The van der Waals surface area contributed by atoms with Crippen LogP contribution in [0.1, 0.15) is 6.42 Å². The predicted molar refractivity (Wildman–Crippen MR) is 45.8 cm³/mol. The third-order valence-electron chi connectivity index (χ3n) is 1.15. The molecule has 68 valence electrons. The van der Waals surface area contributed by atoms with Crippen LogP contribution in [-0.2, 0) is 9.13 Å². The fourth-order valence-electron chi connectivity index (χ4n) is 0.657. The zero-order chi connectivity index (χ0) is 9.12. The van der Waals surface area contributed by atoms with Crippen LogP contribution in [0.3, 0.4) is 0 Å². The highest BCUT2D eigenvalue weighted by Gasteiger charge is 2.13. The van der Waals surface area contributed by atoms with E-state index in [0.29, 0.717) is 6.42 Å². The molecule has 0 aromatic rings. The lowest BCUT2D eigenvalue weighted by Gasteiger charge is -2.06. The molecule has 2 unspecified atom stereocenters. The smallest absolute Gasteiger partial charge is 0.197 e. The minimum absolute atomic E-state index is 0.130. The van der Waals surface area contributed by atoms with Crippen LogP contribution in [0.2, 0.25) is 0 Å². The number of rotatable bonds is 4. The van der Waals surface area contributed by atoms with Gasteiger partial charge < -0.3 is 9.79 Å². The molecule has 0 fully saturated rings. The van der Waals surface area contributed by atoms with Crippen LogP contribution in [0.5, 0.6) is 0 Å². The highest BCUT2D eigenvalue weighted by atomic mass is 31.2. The molecule has 0 aliphatic rings. The highest BCUT2D eigenvalue weighted by molar-refractivity contribution is 7.58. The van der Waals surface area contributed by atoms with Gasteiger partial charge in [-0.25, -0.2) is 0 Å². The molecule has 0 spiro atoms. The van der Waals surface area contributed by atoms with Gasteiger partial charge in [-0.2, -0.15) is 0 Å². The minimum atomic E-state index is -2.98. The van der Waals surface area contributed by atoms with Crippen molar-refractivity contribution in [2.24, 2.45) is 0 Å². The summed E-state index contributed by atoms with van der Waals surface area (Å²) in [4.78, 5) is 17.6. The normalized spacial score (nSPS) is 22.2. The van der Waals surface area contributed by atoms with Gasteiger partial charge in [-0.15, -0.1) is 0 Å². The van der Waals surface area contributed by atoms with Gasteiger partial charge in [0.2, 0.25) is 0 Å². The summed E-state index contributed by atoms with van der Waals surface area (Å²) < 4.78 is 21.4. The zero-order valence-corrected chi connectivity index (χ0v) is 8.52. The Bertz CT molecular complexity index is 179. The Labute approximate surface area is 66.5 Å². The van der Waals surface area contributed by atoms with Crippen LogP contribution in [-0.4, -0.2) is 35.4 Å². The van der Waals surface area contributed by atoms with Crippen molar-refractivity contribution in [1.82, 2.24) is 0 Å². The fraction of sp³-hybridized carbons (Fsp3) is 1.00. The minimum Gasteiger partial charge on any atom is -0.344 e. The third-order valence-corrected chi connectivity index (χ3v) is 3.44. The van der Waals surface area contributed by atoms with Crippen LogP contribution in [0.25, 0.3) is 0 Å². The van der Waals surface area contributed by atoms with E-state index in [2.05, 4.69) is 0 Å². The molecule has 0 aromatic carbocycles. The standard InChI is InChI=1S/C5H14O4P2/c1-10(6,7)4-3-5-11(2,8)9/h3-5H2,1-2H3,(H,6,7)(H,8,9). The first-order chi connectivity index (χ1) is 4.71. The first kappa shape index (κ1) is 11.4. The molecule has 6 heteroatoms. The van der Waals surface area contributed by atoms with E-state index in [-0.39, 0.29) is 12.3 Å². The van der Waals surface area contributed by atoms with Gasteiger partial charge in [-0.05, 0) is 6.42 Å². The van der Waals surface area contributed by atoms with E-state index in [4.69, 9.17) is 9.79 Å². The first-order valence-electron chi connectivity index (χ1n) is 3.29. The molecule has 0 saturated heterocycles. The summed E-state index contributed by atoms with van der Waals surface area (Å²) in [5.74, 6) is 0. The summed E-state index contributed by atoms with van der Waals surface area (Å²) in [6.07, 6.45) is 0.603. The van der Waals surface area contributed by atoms with Crippen molar-refractivity contribution in [3.63, 3.8) is 0 Å². The SMILES string of the molecule is CP(=O)(O)CCCP(C)(=O)O. The van der Waals surface area contributed by atoms with Crippen molar-refractivity contribution in [3.8, 4) is 0 Å². The summed E-state index contributed by atoms with van der Waals surface area (Å²) in [6, 6.07) is 0. The molecular weight excluding hydrogens is 186 g/mol. The molecule has 0 aliphatic heterocycles. The lowest BCUT2D eigenvalue weighted by atomic mass is 10.6. The van der Waals surface area contributed by atoms with E-state index in [9.17, 15) is 9.13 Å². The van der Waals surface area contributed by atoms with Crippen LogP contribution in [0, 0.1) is 0 Å². The number of hydrogen-bond acceptors (Lipinski definition) is 2. The van der Waals surface area contributed by atoms with Gasteiger partial charge in [0.15, 0.2) is 14.7 Å². The maximum absolute atomic E-state index is 10.7. The van der Waals surface area contributed by atoms with E-state index in [1.165, 1.54) is 13.3 Å². The molecule has 2 atom stereocenters. The molecule has 0 amide bonds. The van der Waals surface area contributed by atoms with Crippen molar-refractivity contribution in [2.45, 2.75) is 6.42 Å². The molecule has 0 saturated carbocycles. The van der Waals surface area contributed by atoms with Gasteiger partial charge in [0.25, 0.3) is 0 Å². The van der Waals surface area contributed by atoms with Gasteiger partial charge in [0.05, 0.1) is 0 Å². The summed E-state index contributed by atoms with van der Waals surface area (Å²) in [5, 5.41) is 0. The van der Waals surface area contributed by atoms with E-state index < -0.39 is 14.7 Å². The summed E-state index contributed by atoms with van der Waals surface area (Å²) in [5.41, 5.74) is 0. The summed E-state index contributed by atoms with van der Waals surface area (Å²) in [6.45, 7) is 2.51. The van der Waals surface area contributed by atoms with E-state index >= 15 is 0 Å². The summed E-state index contributed by atoms with van der Waals surface area (Å²) >= 11 is 0. The van der Waals surface area contributed by atoms with E-state index in [1.807, 2.05) is 0 Å². The molecule has 11 heavy (non-hydrogen) atoms.